The van der Waals surface area contributed by atoms with E-state index in [1.807, 2.05) is 36.4 Å². The minimum atomic E-state index is -0.632. The third-order valence-electron chi connectivity index (χ3n) is 6.04. The lowest BCUT2D eigenvalue weighted by Crippen LogP contribution is -2.49. The Morgan fingerprint density at radius 3 is 2.31 bits per heavy atom. The molecule has 2 saturated heterocycles. The molecule has 2 unspecified atom stereocenters. The van der Waals surface area contributed by atoms with Gasteiger partial charge in [0.2, 0.25) is 5.95 Å². The lowest BCUT2D eigenvalue weighted by Gasteiger charge is -2.37. The largest absolute Gasteiger partial charge is 0.354 e. The first-order chi connectivity index (χ1) is 15.6. The fourth-order valence-electron chi connectivity index (χ4n) is 4.42. The lowest BCUT2D eigenvalue weighted by atomic mass is 10.0. The van der Waals surface area contributed by atoms with Crippen LogP contribution in [-0.4, -0.2) is 54.5 Å². The molecular weight excluding hydrogens is 428 g/mol. The van der Waals surface area contributed by atoms with Gasteiger partial charge in [-0.25, -0.2) is 9.37 Å². The van der Waals surface area contributed by atoms with Crippen LogP contribution >= 0.6 is 11.8 Å². The number of anilines is 1. The molecule has 3 heterocycles. The number of hydrogen-bond donors (Lipinski definition) is 0. The zero-order valence-electron chi connectivity index (χ0n) is 17.7. The molecule has 1 aromatic heterocycles. The van der Waals surface area contributed by atoms with E-state index in [1.54, 1.807) is 17.8 Å². The third-order valence-corrected chi connectivity index (χ3v) is 7.55. The molecule has 5 rings (SSSR count). The van der Waals surface area contributed by atoms with E-state index in [0.29, 0.717) is 5.82 Å². The second-order valence-electron chi connectivity index (χ2n) is 8.15. The summed E-state index contributed by atoms with van der Waals surface area (Å²) in [5.74, 6) is 0.857. The number of pyridine rings is 1. The maximum Gasteiger partial charge on any atom is 0.214 e. The number of ether oxygens (including phenoxy) is 1. The smallest absolute Gasteiger partial charge is 0.214 e. The van der Waals surface area contributed by atoms with Gasteiger partial charge in [0.15, 0.2) is 4.93 Å². The van der Waals surface area contributed by atoms with Crippen LogP contribution in [0.25, 0.3) is 0 Å². The molecule has 0 aliphatic carbocycles. The summed E-state index contributed by atoms with van der Waals surface area (Å²) < 4.78 is 33.8. The van der Waals surface area contributed by atoms with E-state index < -0.39 is 10.9 Å². The molecular formula is C25H25F2N3OS. The second kappa shape index (κ2) is 9.17. The van der Waals surface area contributed by atoms with Gasteiger partial charge in [-0.15, -0.1) is 11.8 Å². The molecule has 32 heavy (non-hydrogen) atoms. The summed E-state index contributed by atoms with van der Waals surface area (Å²) in [5, 5.41) is 0. The molecule has 0 amide bonds. The second-order valence-corrected chi connectivity index (χ2v) is 9.34. The Kier molecular flexibility index (Phi) is 6.13. The topological polar surface area (TPSA) is 28.6 Å². The number of nitrogens with zero attached hydrogens (tertiary/aromatic N) is 3. The summed E-state index contributed by atoms with van der Waals surface area (Å²) in [6, 6.07) is 21.7. The molecule has 166 valence electrons. The van der Waals surface area contributed by atoms with Crippen molar-refractivity contribution in [1.29, 1.82) is 0 Å². The molecule has 4 nitrogen and oxygen atoms in total. The van der Waals surface area contributed by atoms with Gasteiger partial charge in [0.25, 0.3) is 0 Å². The van der Waals surface area contributed by atoms with E-state index in [9.17, 15) is 8.78 Å². The van der Waals surface area contributed by atoms with Crippen LogP contribution in [0, 0.1) is 11.8 Å². The number of thioether (sulfide) groups is 1. The van der Waals surface area contributed by atoms with Crippen LogP contribution in [0.2, 0.25) is 0 Å². The van der Waals surface area contributed by atoms with Gasteiger partial charge in [0, 0.05) is 38.5 Å². The van der Waals surface area contributed by atoms with E-state index >= 15 is 0 Å². The summed E-state index contributed by atoms with van der Waals surface area (Å²) >= 11 is 1.76. The predicted octanol–water partition coefficient (Wildman–Crippen LogP) is 4.52. The number of piperazine rings is 1. The molecule has 0 N–H and O–H groups in total. The number of halogens is 2. The van der Waals surface area contributed by atoms with Crippen molar-refractivity contribution in [3.63, 3.8) is 0 Å². The lowest BCUT2D eigenvalue weighted by molar-refractivity contribution is -0.00457. The summed E-state index contributed by atoms with van der Waals surface area (Å²) in [6.07, 6.45) is 0.0594. The van der Waals surface area contributed by atoms with Crippen LogP contribution in [0.15, 0.2) is 72.8 Å². The Balaban J connectivity index is 1.27. The minimum Gasteiger partial charge on any atom is -0.354 e. The van der Waals surface area contributed by atoms with Crippen molar-refractivity contribution < 1.29 is 13.5 Å². The first-order valence-corrected chi connectivity index (χ1v) is 11.8. The van der Waals surface area contributed by atoms with Gasteiger partial charge >= 0.3 is 0 Å². The summed E-state index contributed by atoms with van der Waals surface area (Å²) in [6.45, 7) is 4.18. The van der Waals surface area contributed by atoms with Gasteiger partial charge < -0.3 is 9.64 Å². The highest BCUT2D eigenvalue weighted by atomic mass is 32.2. The standard InChI is InChI=1S/C25H25F2N3OS/c26-21-11-9-20(10-12-21)25(19-5-2-1-3-6-19)31-22(18-32-25)17-29-13-15-30(16-14-29)24-8-4-7-23(27)28-24/h1-12,22H,13-18H2. The van der Waals surface area contributed by atoms with Gasteiger partial charge in [-0.3, -0.25) is 4.90 Å². The van der Waals surface area contributed by atoms with Crippen molar-refractivity contribution in [2.75, 3.05) is 43.4 Å². The van der Waals surface area contributed by atoms with Gasteiger partial charge in [-0.2, -0.15) is 4.39 Å². The number of aromatic nitrogens is 1. The average molecular weight is 454 g/mol. The van der Waals surface area contributed by atoms with E-state index in [-0.39, 0.29) is 11.9 Å². The van der Waals surface area contributed by atoms with Gasteiger partial charge in [0.05, 0.1) is 6.10 Å². The van der Waals surface area contributed by atoms with E-state index in [0.717, 1.165) is 49.6 Å². The quantitative estimate of drug-likeness (QED) is 0.530. The first-order valence-electron chi connectivity index (χ1n) is 10.9. The zero-order valence-corrected chi connectivity index (χ0v) is 18.5. The van der Waals surface area contributed by atoms with Crippen molar-refractivity contribution in [2.45, 2.75) is 11.0 Å². The number of hydrogen-bond acceptors (Lipinski definition) is 5. The van der Waals surface area contributed by atoms with Crippen molar-refractivity contribution in [2.24, 2.45) is 0 Å². The van der Waals surface area contributed by atoms with Crippen molar-refractivity contribution in [3.8, 4) is 0 Å². The van der Waals surface area contributed by atoms with E-state index in [2.05, 4.69) is 26.9 Å². The number of benzene rings is 2. The van der Waals surface area contributed by atoms with Gasteiger partial charge in [0.1, 0.15) is 11.6 Å². The maximum atomic E-state index is 13.6. The molecule has 0 radical (unpaired) electrons. The average Bonchev–Trinajstić information content (AvgIpc) is 3.25. The van der Waals surface area contributed by atoms with Crippen LogP contribution in [0.1, 0.15) is 11.1 Å². The monoisotopic (exact) mass is 453 g/mol. The zero-order chi connectivity index (χ0) is 22.0. The van der Waals surface area contributed by atoms with Crippen LogP contribution in [0.5, 0.6) is 0 Å². The van der Waals surface area contributed by atoms with Crippen LogP contribution in [-0.2, 0) is 9.67 Å². The molecule has 0 saturated carbocycles. The van der Waals surface area contributed by atoms with Crippen LogP contribution in [0.4, 0.5) is 14.6 Å². The molecule has 2 atom stereocenters. The fourth-order valence-corrected chi connectivity index (χ4v) is 5.82. The molecule has 3 aromatic rings. The molecule has 2 fully saturated rings. The highest BCUT2D eigenvalue weighted by molar-refractivity contribution is 8.00. The predicted molar refractivity (Wildman–Crippen MR) is 124 cm³/mol. The molecule has 2 aromatic carbocycles. The van der Waals surface area contributed by atoms with Crippen LogP contribution < -0.4 is 4.90 Å². The van der Waals surface area contributed by atoms with Crippen molar-refractivity contribution in [1.82, 2.24) is 9.88 Å². The number of rotatable bonds is 5. The molecule has 7 heteroatoms. The summed E-state index contributed by atoms with van der Waals surface area (Å²) in [4.78, 5) is 7.89. The van der Waals surface area contributed by atoms with Crippen molar-refractivity contribution in [3.05, 3.63) is 95.7 Å². The van der Waals surface area contributed by atoms with Crippen LogP contribution in [0.3, 0.4) is 0 Å². The highest BCUT2D eigenvalue weighted by Crippen LogP contribution is 2.50. The summed E-state index contributed by atoms with van der Waals surface area (Å²) in [5.41, 5.74) is 2.03. The Morgan fingerprint density at radius 2 is 1.59 bits per heavy atom. The molecule has 0 spiro atoms. The molecule has 2 aliphatic rings. The van der Waals surface area contributed by atoms with Gasteiger partial charge in [-0.1, -0.05) is 48.5 Å². The van der Waals surface area contributed by atoms with Gasteiger partial charge in [-0.05, 0) is 35.4 Å². The maximum absolute atomic E-state index is 13.6. The van der Waals surface area contributed by atoms with E-state index in [4.69, 9.17) is 4.74 Å². The van der Waals surface area contributed by atoms with Crippen molar-refractivity contribution >= 4 is 17.6 Å². The minimum absolute atomic E-state index is 0.0594. The Labute approximate surface area is 191 Å². The SMILES string of the molecule is Fc1ccc(C2(c3ccccc3)OC(CN3CCN(c4cccc(F)n4)CC3)CS2)cc1. The fraction of sp³-hybridized carbons (Fsp3) is 0.320. The molecule has 2 aliphatic heterocycles. The Bertz CT molecular complexity index is 1040. The Morgan fingerprint density at radius 1 is 0.875 bits per heavy atom. The normalized spacial score (nSPS) is 24.1. The Hall–Kier alpha value is -2.48. The van der Waals surface area contributed by atoms with E-state index in [1.165, 1.54) is 18.2 Å². The molecule has 0 bridgehead atoms. The third kappa shape index (κ3) is 4.37. The summed E-state index contributed by atoms with van der Waals surface area (Å²) in [7, 11) is 0. The first kappa shape index (κ1) is 21.4. The highest BCUT2D eigenvalue weighted by Gasteiger charge is 2.44.